The molecule has 0 fully saturated rings. The fraction of sp³-hybridized carbons (Fsp3) is 0.125. The zero-order valence-corrected chi connectivity index (χ0v) is 19.5. The van der Waals surface area contributed by atoms with Gasteiger partial charge < -0.3 is 5.32 Å². The number of benzene rings is 2. The van der Waals surface area contributed by atoms with Gasteiger partial charge in [0.05, 0.1) is 12.2 Å². The van der Waals surface area contributed by atoms with Crippen LogP contribution in [0.5, 0.6) is 0 Å². The number of hydrogen-bond acceptors (Lipinski definition) is 5. The molecule has 0 aliphatic carbocycles. The molecule has 2 aromatic heterocycles. The lowest BCUT2D eigenvalue weighted by atomic mass is 10.2. The quantitative estimate of drug-likeness (QED) is 0.442. The summed E-state index contributed by atoms with van der Waals surface area (Å²) in [6, 6.07) is 15.2. The average Bonchev–Trinajstić information content (AvgIpc) is 2.83. The maximum atomic E-state index is 13.3. The van der Waals surface area contributed by atoms with Crippen LogP contribution in [0.3, 0.4) is 0 Å². The zero-order valence-electron chi connectivity index (χ0n) is 18.0. The van der Waals surface area contributed by atoms with Gasteiger partial charge in [-0.05, 0) is 53.9 Å². The molecule has 1 N–H and O–H groups in total. The standard InChI is InChI=1S/C24H19Cl2N5O3/c1-15-7-8-19(11-20(15)26)31-24(34)30(14-16-4-2-6-18(25)10-16)23(33)21(29-31)22(32)28-13-17-5-3-9-27-12-17/h2-12H,13-14H2,1H3,(H,28,32). The van der Waals surface area contributed by atoms with Crippen molar-refractivity contribution in [3.63, 3.8) is 0 Å². The van der Waals surface area contributed by atoms with Crippen molar-refractivity contribution >= 4 is 29.1 Å². The zero-order chi connectivity index (χ0) is 24.2. The van der Waals surface area contributed by atoms with Crippen LogP contribution in [0.1, 0.15) is 27.2 Å². The second-order valence-electron chi connectivity index (χ2n) is 7.54. The number of carbonyl (C=O) groups excluding carboxylic acids is 1. The Bertz CT molecular complexity index is 1480. The Hall–Kier alpha value is -3.75. The molecule has 4 aromatic rings. The van der Waals surface area contributed by atoms with E-state index in [-0.39, 0.29) is 13.1 Å². The van der Waals surface area contributed by atoms with Crippen molar-refractivity contribution in [1.29, 1.82) is 0 Å². The topological polar surface area (TPSA) is 98.9 Å². The SMILES string of the molecule is Cc1ccc(-n2nc(C(=O)NCc3cccnc3)c(=O)n(Cc3cccc(Cl)c3)c2=O)cc1Cl. The van der Waals surface area contributed by atoms with Crippen LogP contribution in [0.15, 0.2) is 76.6 Å². The van der Waals surface area contributed by atoms with Crippen LogP contribution in [-0.4, -0.2) is 25.2 Å². The average molecular weight is 496 g/mol. The summed E-state index contributed by atoms with van der Waals surface area (Å²) in [5.74, 6) is -0.722. The van der Waals surface area contributed by atoms with E-state index in [0.29, 0.717) is 21.3 Å². The Balaban J connectivity index is 1.81. The number of amides is 1. The first kappa shape index (κ1) is 23.4. The predicted octanol–water partition coefficient (Wildman–Crippen LogP) is 3.38. The van der Waals surface area contributed by atoms with Crippen molar-refractivity contribution in [2.45, 2.75) is 20.0 Å². The van der Waals surface area contributed by atoms with Gasteiger partial charge in [0, 0.05) is 29.0 Å². The van der Waals surface area contributed by atoms with E-state index in [4.69, 9.17) is 23.2 Å². The van der Waals surface area contributed by atoms with Crippen LogP contribution < -0.4 is 16.6 Å². The van der Waals surface area contributed by atoms with E-state index in [0.717, 1.165) is 20.4 Å². The van der Waals surface area contributed by atoms with Crippen LogP contribution in [-0.2, 0) is 13.1 Å². The van der Waals surface area contributed by atoms with Gasteiger partial charge in [-0.1, -0.05) is 47.5 Å². The molecule has 0 aliphatic rings. The van der Waals surface area contributed by atoms with Crippen LogP contribution in [0.25, 0.3) is 5.69 Å². The van der Waals surface area contributed by atoms with E-state index in [1.807, 2.05) is 6.92 Å². The molecule has 8 nitrogen and oxygen atoms in total. The molecule has 0 aliphatic heterocycles. The first-order valence-electron chi connectivity index (χ1n) is 10.3. The Morgan fingerprint density at radius 1 is 1.03 bits per heavy atom. The van der Waals surface area contributed by atoms with Gasteiger partial charge >= 0.3 is 5.69 Å². The molecule has 0 spiro atoms. The Kier molecular flexibility index (Phi) is 6.90. The molecule has 2 heterocycles. The summed E-state index contributed by atoms with van der Waals surface area (Å²) >= 11 is 12.3. The maximum Gasteiger partial charge on any atom is 0.352 e. The summed E-state index contributed by atoms with van der Waals surface area (Å²) in [5, 5.41) is 7.64. The smallest absolute Gasteiger partial charge is 0.346 e. The molecular formula is C24H19Cl2N5O3. The number of nitrogens with one attached hydrogen (secondary N) is 1. The van der Waals surface area contributed by atoms with Crippen molar-refractivity contribution in [1.82, 2.24) is 24.6 Å². The minimum atomic E-state index is -0.817. The number of pyridine rings is 1. The fourth-order valence-electron chi connectivity index (χ4n) is 3.26. The monoisotopic (exact) mass is 495 g/mol. The number of nitrogens with zero attached hydrogens (tertiary/aromatic N) is 4. The fourth-order valence-corrected chi connectivity index (χ4v) is 3.65. The lowest BCUT2D eigenvalue weighted by Crippen LogP contribution is -2.46. The van der Waals surface area contributed by atoms with Crippen LogP contribution in [0, 0.1) is 6.92 Å². The van der Waals surface area contributed by atoms with Crippen molar-refractivity contribution in [2.75, 3.05) is 0 Å². The minimum Gasteiger partial charge on any atom is -0.346 e. The first-order chi connectivity index (χ1) is 16.3. The molecule has 0 atom stereocenters. The number of aryl methyl sites for hydroxylation is 1. The van der Waals surface area contributed by atoms with Gasteiger partial charge in [-0.25, -0.2) is 4.79 Å². The Labute approximate surface area is 204 Å². The molecule has 0 saturated heterocycles. The van der Waals surface area contributed by atoms with E-state index in [1.165, 1.54) is 0 Å². The van der Waals surface area contributed by atoms with E-state index in [1.54, 1.807) is 67.0 Å². The lowest BCUT2D eigenvalue weighted by Gasteiger charge is -2.13. The number of hydrogen-bond donors (Lipinski definition) is 1. The van der Waals surface area contributed by atoms with Gasteiger partial charge in [-0.2, -0.15) is 9.78 Å². The van der Waals surface area contributed by atoms with Gasteiger partial charge in [0.2, 0.25) is 5.69 Å². The highest BCUT2D eigenvalue weighted by atomic mass is 35.5. The highest BCUT2D eigenvalue weighted by molar-refractivity contribution is 6.31. The van der Waals surface area contributed by atoms with E-state index < -0.39 is 22.9 Å². The Morgan fingerprint density at radius 3 is 2.53 bits per heavy atom. The third-order valence-electron chi connectivity index (χ3n) is 5.08. The van der Waals surface area contributed by atoms with Crippen molar-refractivity contribution in [3.05, 3.63) is 120 Å². The van der Waals surface area contributed by atoms with Crippen molar-refractivity contribution < 1.29 is 4.79 Å². The molecular weight excluding hydrogens is 477 g/mol. The summed E-state index contributed by atoms with van der Waals surface area (Å²) in [5.41, 5.74) is 0.530. The van der Waals surface area contributed by atoms with Gasteiger partial charge in [-0.3, -0.25) is 19.1 Å². The molecule has 0 saturated carbocycles. The number of halogens is 2. The number of rotatable bonds is 6. The largest absolute Gasteiger partial charge is 0.352 e. The van der Waals surface area contributed by atoms with Gasteiger partial charge in [0.15, 0.2) is 0 Å². The van der Waals surface area contributed by atoms with Crippen molar-refractivity contribution in [3.8, 4) is 5.69 Å². The third kappa shape index (κ3) is 5.08. The Morgan fingerprint density at radius 2 is 1.82 bits per heavy atom. The molecule has 172 valence electrons. The summed E-state index contributed by atoms with van der Waals surface area (Å²) in [4.78, 5) is 43.4. The molecule has 1 amide bonds. The highest BCUT2D eigenvalue weighted by Gasteiger charge is 2.21. The van der Waals surface area contributed by atoms with Gasteiger partial charge in [-0.15, -0.1) is 0 Å². The molecule has 34 heavy (non-hydrogen) atoms. The van der Waals surface area contributed by atoms with Crippen LogP contribution in [0.4, 0.5) is 0 Å². The summed E-state index contributed by atoms with van der Waals surface area (Å²) in [7, 11) is 0. The normalized spacial score (nSPS) is 10.8. The molecule has 0 radical (unpaired) electrons. The van der Waals surface area contributed by atoms with E-state index in [9.17, 15) is 14.4 Å². The van der Waals surface area contributed by atoms with Crippen molar-refractivity contribution in [2.24, 2.45) is 0 Å². The lowest BCUT2D eigenvalue weighted by molar-refractivity contribution is 0.0941. The van der Waals surface area contributed by atoms with E-state index >= 15 is 0 Å². The molecule has 2 aromatic carbocycles. The molecule has 10 heteroatoms. The van der Waals surface area contributed by atoms with Gasteiger partial charge in [0.1, 0.15) is 0 Å². The second kappa shape index (κ2) is 10.0. The van der Waals surface area contributed by atoms with Crippen LogP contribution in [0.2, 0.25) is 10.0 Å². The maximum absolute atomic E-state index is 13.3. The minimum absolute atomic E-state index is 0.0940. The van der Waals surface area contributed by atoms with Crippen LogP contribution >= 0.6 is 23.2 Å². The molecule has 4 rings (SSSR count). The third-order valence-corrected chi connectivity index (χ3v) is 5.72. The second-order valence-corrected chi connectivity index (χ2v) is 8.39. The van der Waals surface area contributed by atoms with Gasteiger partial charge in [0.25, 0.3) is 11.5 Å². The highest BCUT2D eigenvalue weighted by Crippen LogP contribution is 2.18. The molecule has 0 unspecified atom stereocenters. The first-order valence-corrected chi connectivity index (χ1v) is 11.0. The summed E-state index contributed by atoms with van der Waals surface area (Å²) in [6.07, 6.45) is 3.21. The number of aromatic nitrogens is 4. The van der Waals surface area contributed by atoms with E-state index in [2.05, 4.69) is 15.4 Å². The molecule has 0 bridgehead atoms. The summed E-state index contributed by atoms with van der Waals surface area (Å²) in [6.45, 7) is 1.86. The predicted molar refractivity (Wildman–Crippen MR) is 130 cm³/mol. The number of carbonyl (C=O) groups is 1. The summed E-state index contributed by atoms with van der Waals surface area (Å²) < 4.78 is 1.95.